The summed E-state index contributed by atoms with van der Waals surface area (Å²) >= 11 is 0. The average molecular weight is 445 g/mol. The summed E-state index contributed by atoms with van der Waals surface area (Å²) in [5.74, 6) is 2.59. The molecule has 4 saturated carbocycles. The van der Waals surface area contributed by atoms with Gasteiger partial charge in [-0.1, -0.05) is 27.2 Å². The van der Waals surface area contributed by atoms with Crippen LogP contribution in [0.5, 0.6) is 0 Å². The first-order valence-corrected chi connectivity index (χ1v) is 12.8. The van der Waals surface area contributed by atoms with E-state index in [0.717, 1.165) is 38.2 Å². The summed E-state index contributed by atoms with van der Waals surface area (Å²) in [5, 5.41) is 10.0. The molecule has 31 heavy (non-hydrogen) atoms. The molecule has 4 aliphatic carbocycles. The summed E-state index contributed by atoms with van der Waals surface area (Å²) in [5.41, 5.74) is 0.318. The van der Waals surface area contributed by atoms with Gasteiger partial charge in [0.2, 0.25) is 0 Å². The highest BCUT2D eigenvalue weighted by Gasteiger charge is 2.61. The lowest BCUT2D eigenvalue weighted by atomic mass is 9.48. The van der Waals surface area contributed by atoms with Crippen LogP contribution in [0.1, 0.15) is 85.0 Å². The van der Waals surface area contributed by atoms with Crippen molar-refractivity contribution < 1.29 is 23.0 Å². The van der Waals surface area contributed by atoms with Gasteiger partial charge in [-0.2, -0.15) is 13.2 Å². The van der Waals surface area contributed by atoms with Gasteiger partial charge >= 0.3 is 6.18 Å². The van der Waals surface area contributed by atoms with Crippen LogP contribution in [-0.4, -0.2) is 31.1 Å². The van der Waals surface area contributed by atoms with Crippen LogP contribution in [0, 0.1) is 52.3 Å². The molecule has 180 valence electrons. The van der Waals surface area contributed by atoms with E-state index in [0.29, 0.717) is 29.1 Å². The molecule has 0 radical (unpaired) electrons. The Hall–Kier alpha value is -0.290. The van der Waals surface area contributed by atoms with Crippen LogP contribution in [0.15, 0.2) is 0 Å². The third-order valence-corrected chi connectivity index (χ3v) is 11.0. The first-order valence-electron chi connectivity index (χ1n) is 12.8. The van der Waals surface area contributed by atoms with E-state index >= 15 is 0 Å². The lowest BCUT2D eigenvalue weighted by molar-refractivity contribution is -0.227. The summed E-state index contributed by atoms with van der Waals surface area (Å²) in [6.07, 6.45) is 4.99. The maximum Gasteiger partial charge on any atom is 0.414 e. The van der Waals surface area contributed by atoms with E-state index in [1.807, 2.05) is 7.11 Å². The number of hydrogen-bond acceptors (Lipinski definition) is 2. The standard InChI is InChI=1S/C26H43F3O2/c1-16(23(30)26(27,28)29)20-8-9-21-19-7-5-6-18-14-17(15-31-4)10-12-24(18,2)22(19)11-13-25(20,21)3/h16-23,30H,5-15H2,1-4H3/t16-,17+,18+,19+,20+,21-,22-,23-,24-,25+/m0/s1. The van der Waals surface area contributed by atoms with Crippen molar-refractivity contribution in [1.29, 1.82) is 0 Å². The Labute approximate surface area is 186 Å². The predicted octanol–water partition coefficient (Wildman–Crippen LogP) is 6.86. The molecule has 0 heterocycles. The Balaban J connectivity index is 1.55. The van der Waals surface area contributed by atoms with Gasteiger partial charge in [0.25, 0.3) is 0 Å². The van der Waals surface area contributed by atoms with Crippen molar-refractivity contribution in [3.8, 4) is 0 Å². The minimum Gasteiger partial charge on any atom is -0.384 e. The van der Waals surface area contributed by atoms with Crippen LogP contribution < -0.4 is 0 Å². The van der Waals surface area contributed by atoms with Crippen LogP contribution in [0.2, 0.25) is 0 Å². The van der Waals surface area contributed by atoms with Crippen LogP contribution in [-0.2, 0) is 4.74 Å². The van der Waals surface area contributed by atoms with E-state index in [1.165, 1.54) is 38.5 Å². The predicted molar refractivity (Wildman–Crippen MR) is 116 cm³/mol. The monoisotopic (exact) mass is 444 g/mol. The summed E-state index contributed by atoms with van der Waals surface area (Å²) < 4.78 is 45.3. The van der Waals surface area contributed by atoms with E-state index in [4.69, 9.17) is 4.74 Å². The topological polar surface area (TPSA) is 29.5 Å². The summed E-state index contributed by atoms with van der Waals surface area (Å²) in [4.78, 5) is 0. The fourth-order valence-electron chi connectivity index (χ4n) is 9.36. The Kier molecular flexibility index (Phi) is 6.53. The van der Waals surface area contributed by atoms with Crippen molar-refractivity contribution in [2.45, 2.75) is 97.3 Å². The highest BCUT2D eigenvalue weighted by molar-refractivity contribution is 5.09. The molecule has 0 aliphatic heterocycles. The maximum absolute atomic E-state index is 13.3. The highest BCUT2D eigenvalue weighted by Crippen LogP contribution is 2.67. The number of aliphatic hydroxyl groups excluding tert-OH is 1. The van der Waals surface area contributed by atoms with Gasteiger partial charge in [0.15, 0.2) is 6.10 Å². The number of halogens is 3. The molecule has 5 heteroatoms. The van der Waals surface area contributed by atoms with Crippen LogP contribution >= 0.6 is 0 Å². The minimum atomic E-state index is -4.52. The fraction of sp³-hybridized carbons (Fsp3) is 1.00. The molecule has 2 nitrogen and oxygen atoms in total. The normalized spacial score (nSPS) is 47.6. The lowest BCUT2D eigenvalue weighted by Crippen LogP contribution is -2.51. The Morgan fingerprint density at radius 3 is 2.32 bits per heavy atom. The molecular formula is C26H43F3O2. The van der Waals surface area contributed by atoms with Crippen molar-refractivity contribution >= 4 is 0 Å². The van der Waals surface area contributed by atoms with E-state index in [1.54, 1.807) is 6.92 Å². The number of ether oxygens (including phenoxy) is 1. The Morgan fingerprint density at radius 1 is 0.968 bits per heavy atom. The number of methoxy groups -OCH3 is 1. The molecule has 0 amide bonds. The fourth-order valence-corrected chi connectivity index (χ4v) is 9.36. The molecule has 0 bridgehead atoms. The minimum absolute atomic E-state index is 0.0284. The molecule has 1 N–H and O–H groups in total. The highest BCUT2D eigenvalue weighted by atomic mass is 19.4. The molecule has 0 aromatic heterocycles. The summed E-state index contributed by atoms with van der Waals surface area (Å²) in [6.45, 7) is 7.34. The largest absolute Gasteiger partial charge is 0.414 e. The molecule has 4 rings (SSSR count). The SMILES string of the molecule is COC[C@@H]1CC[C@@]2(C)[C@H](CCC[C@H]3[C@@H]2CC[C@]2(C)[C@@H]([C@H](C)[C@H](O)C(F)(F)F)CC[C@@H]32)C1. The number of fused-ring (bicyclic) bond motifs is 5. The first kappa shape index (κ1) is 23.9. The van der Waals surface area contributed by atoms with Crippen molar-refractivity contribution in [3.63, 3.8) is 0 Å². The number of alkyl halides is 3. The van der Waals surface area contributed by atoms with Gasteiger partial charge in [0.1, 0.15) is 0 Å². The zero-order valence-corrected chi connectivity index (χ0v) is 19.9. The Bertz CT molecular complexity index is 637. The molecule has 0 saturated heterocycles. The van der Waals surface area contributed by atoms with E-state index in [9.17, 15) is 18.3 Å². The van der Waals surface area contributed by atoms with E-state index < -0.39 is 18.2 Å². The van der Waals surface area contributed by atoms with E-state index in [2.05, 4.69) is 13.8 Å². The van der Waals surface area contributed by atoms with Crippen molar-refractivity contribution in [1.82, 2.24) is 0 Å². The van der Waals surface area contributed by atoms with Gasteiger partial charge in [-0.3, -0.25) is 0 Å². The first-order chi connectivity index (χ1) is 14.5. The summed E-state index contributed by atoms with van der Waals surface area (Å²) in [6, 6.07) is 0. The molecule has 0 aromatic rings. The van der Waals surface area contributed by atoms with Crippen molar-refractivity contribution in [2.24, 2.45) is 52.3 Å². The second-order valence-corrected chi connectivity index (χ2v) is 12.2. The zero-order chi connectivity index (χ0) is 22.6. The molecule has 0 aromatic carbocycles. The smallest absolute Gasteiger partial charge is 0.384 e. The average Bonchev–Trinajstić information content (AvgIpc) is 2.98. The Morgan fingerprint density at radius 2 is 1.65 bits per heavy atom. The molecule has 4 fully saturated rings. The van der Waals surface area contributed by atoms with Gasteiger partial charge in [0.05, 0.1) is 0 Å². The number of aliphatic hydroxyl groups is 1. The van der Waals surface area contributed by atoms with Gasteiger partial charge in [-0.15, -0.1) is 0 Å². The number of hydrogen-bond donors (Lipinski definition) is 1. The molecular weight excluding hydrogens is 401 g/mol. The summed E-state index contributed by atoms with van der Waals surface area (Å²) in [7, 11) is 1.81. The third-order valence-electron chi connectivity index (χ3n) is 11.0. The van der Waals surface area contributed by atoms with Gasteiger partial charge in [0, 0.05) is 13.7 Å². The van der Waals surface area contributed by atoms with Gasteiger partial charge in [-0.25, -0.2) is 0 Å². The second kappa shape index (κ2) is 8.49. The lowest BCUT2D eigenvalue weighted by Gasteiger charge is -2.57. The van der Waals surface area contributed by atoms with Crippen LogP contribution in [0.25, 0.3) is 0 Å². The maximum atomic E-state index is 13.3. The third kappa shape index (κ3) is 3.98. The van der Waals surface area contributed by atoms with E-state index in [-0.39, 0.29) is 11.3 Å². The molecule has 10 atom stereocenters. The van der Waals surface area contributed by atoms with Gasteiger partial charge in [-0.05, 0) is 110 Å². The molecule has 4 aliphatic rings. The van der Waals surface area contributed by atoms with Crippen molar-refractivity contribution in [3.05, 3.63) is 0 Å². The quantitative estimate of drug-likeness (QED) is 0.513. The molecule has 0 spiro atoms. The zero-order valence-electron chi connectivity index (χ0n) is 19.9. The van der Waals surface area contributed by atoms with Crippen LogP contribution in [0.3, 0.4) is 0 Å². The van der Waals surface area contributed by atoms with Crippen molar-refractivity contribution in [2.75, 3.05) is 13.7 Å². The van der Waals surface area contributed by atoms with Gasteiger partial charge < -0.3 is 9.84 Å². The number of rotatable bonds is 4. The second-order valence-electron chi connectivity index (χ2n) is 12.2. The van der Waals surface area contributed by atoms with Crippen LogP contribution in [0.4, 0.5) is 13.2 Å². The molecule has 0 unspecified atom stereocenters.